The van der Waals surface area contributed by atoms with Crippen LogP contribution in [0.5, 0.6) is 11.5 Å². The van der Waals surface area contributed by atoms with E-state index in [4.69, 9.17) is 5.73 Å². The lowest BCUT2D eigenvalue weighted by molar-refractivity contribution is -0.269. The number of carbonyl (C=O) groups is 1. The van der Waals surface area contributed by atoms with Crippen LogP contribution >= 0.6 is 0 Å². The summed E-state index contributed by atoms with van der Waals surface area (Å²) in [5, 5.41) is 74.4. The van der Waals surface area contributed by atoms with Crippen LogP contribution in [0, 0.1) is 35.5 Å². The van der Waals surface area contributed by atoms with Gasteiger partial charge in [0.1, 0.15) is 11.6 Å². The van der Waals surface area contributed by atoms with Gasteiger partial charge in [-0.15, -0.1) is 5.75 Å². The number of hydrogen-bond acceptors (Lipinski definition) is 9. The number of benzene rings is 3. The number of aliphatic carboxylic acids is 1. The van der Waals surface area contributed by atoms with Gasteiger partial charge in [0.15, 0.2) is 0 Å². The number of unbranched alkanes of at least 4 members (excludes halogenated alkanes) is 4. The van der Waals surface area contributed by atoms with Gasteiger partial charge in [-0.05, 0) is 142 Å². The van der Waals surface area contributed by atoms with Crippen molar-refractivity contribution in [3.05, 3.63) is 132 Å². The van der Waals surface area contributed by atoms with Gasteiger partial charge in [0.25, 0.3) is 0 Å². The first-order valence-corrected chi connectivity index (χ1v) is 25.5. The maximum Gasteiger partial charge on any atom is 0.309 e. The summed E-state index contributed by atoms with van der Waals surface area (Å²) >= 11 is 0. The normalized spacial score (nSPS) is 22.7. The summed E-state index contributed by atoms with van der Waals surface area (Å²) in [6, 6.07) is 28.5. The van der Waals surface area contributed by atoms with Gasteiger partial charge in [-0.25, -0.2) is 4.98 Å². The first-order valence-electron chi connectivity index (χ1n) is 25.5. The van der Waals surface area contributed by atoms with E-state index in [2.05, 4.69) is 40.4 Å². The van der Waals surface area contributed by atoms with Gasteiger partial charge in [0, 0.05) is 41.4 Å². The molecule has 0 saturated heterocycles. The fraction of sp³-hybridized carbons (Fsp3) is 0.483. The second-order valence-electron chi connectivity index (χ2n) is 20.3. The number of aromatic hydroxyl groups is 1. The predicted molar refractivity (Wildman–Crippen MR) is 272 cm³/mol. The summed E-state index contributed by atoms with van der Waals surface area (Å²) in [6.07, 6.45) is 16.3. The van der Waals surface area contributed by atoms with Crippen LogP contribution < -0.4 is 16.2 Å². The van der Waals surface area contributed by atoms with Crippen molar-refractivity contribution >= 4 is 11.8 Å². The number of allylic oxidation sites excluding steroid dienone is 1. The van der Waals surface area contributed by atoms with Crippen molar-refractivity contribution in [3.63, 3.8) is 0 Å². The van der Waals surface area contributed by atoms with Crippen molar-refractivity contribution in [2.75, 3.05) is 19.3 Å². The molecule has 11 nitrogen and oxygen atoms in total. The zero-order valence-electron chi connectivity index (χ0n) is 40.6. The Bertz CT molecular complexity index is 2420. The fourth-order valence-electron chi connectivity index (χ4n) is 11.7. The van der Waals surface area contributed by atoms with Crippen molar-refractivity contribution in [3.8, 4) is 33.9 Å². The Balaban J connectivity index is 1.12. The number of aromatic nitrogens is 2. The van der Waals surface area contributed by atoms with Gasteiger partial charge in [-0.3, -0.25) is 4.79 Å². The maximum absolute atomic E-state index is 13.7. The molecule has 3 aromatic carbocycles. The molecule has 370 valence electrons. The van der Waals surface area contributed by atoms with E-state index in [1.807, 2.05) is 79.8 Å². The number of nitrogen functional groups attached to an aromatic ring is 1. The van der Waals surface area contributed by atoms with Crippen molar-refractivity contribution in [1.82, 2.24) is 15.3 Å². The standard InChI is InChI=1S/C58H76N4O7/c1-3-4-8-15-39-22-23-43(52(64)29-39)20-13-7-14-21-48(57(67)68)53(65)32-45(37-60-2)58(69)36-41(26-40-24-25-61-55(59)30-40)27-44(58)31-46-33-49(42-18-11-6-12-19-42)56(62-46)51-34-47(63)35-54(66)50(51)28-38-16-9-5-10-17-38/h5-6,9-12,16-19,22-25,30,33-35,39,41,43-45,48,52-53,60,62-66,69H,3-4,7-8,13-15,20-21,26-29,31-32,36-37H2,1-2H3,(H2,59,61)(H,67,68)/p-1/t39-,41-,43-,44+,45+,48+,52-,53-,58+/m1/s1. The summed E-state index contributed by atoms with van der Waals surface area (Å²) in [7, 11) is 1.82. The number of nitrogens with two attached hydrogens (primary N) is 1. The molecule has 5 aromatic rings. The van der Waals surface area contributed by atoms with E-state index in [1.54, 1.807) is 12.3 Å². The molecule has 1 saturated carbocycles. The molecular formula is C58H75N4O7-. The lowest BCUT2D eigenvalue weighted by Gasteiger charge is -2.40. The highest BCUT2D eigenvalue weighted by Crippen LogP contribution is 2.49. The van der Waals surface area contributed by atoms with E-state index in [9.17, 15) is 35.4 Å². The van der Waals surface area contributed by atoms with Gasteiger partial charge < -0.3 is 46.7 Å². The summed E-state index contributed by atoms with van der Waals surface area (Å²) in [5.74, 6) is -2.18. The quantitative estimate of drug-likeness (QED) is 0.0205. The average molecular weight is 940 g/mol. The van der Waals surface area contributed by atoms with E-state index < -0.39 is 29.5 Å². The molecule has 0 spiro atoms. The first-order chi connectivity index (χ1) is 33.3. The zero-order valence-corrected chi connectivity index (χ0v) is 40.6. The van der Waals surface area contributed by atoms with Crippen LogP contribution in [-0.2, 0) is 24.1 Å². The highest BCUT2D eigenvalue weighted by Gasteiger charge is 2.51. The van der Waals surface area contributed by atoms with E-state index in [1.165, 1.54) is 25.3 Å². The number of carboxylic acids is 1. The minimum Gasteiger partial charge on any atom is -0.872 e. The number of nitrogens with one attached hydrogen (secondary N) is 2. The first kappa shape index (κ1) is 51.4. The number of aliphatic hydroxyl groups excluding tert-OH is 2. The molecule has 7 rings (SSSR count). The number of H-pyrrole nitrogens is 1. The van der Waals surface area contributed by atoms with Crippen molar-refractivity contribution in [1.29, 1.82) is 0 Å². The summed E-state index contributed by atoms with van der Waals surface area (Å²) in [5.41, 5.74) is 11.3. The number of carboxylic acid groups (broad SMARTS) is 1. The molecule has 2 heterocycles. The molecule has 69 heavy (non-hydrogen) atoms. The number of aliphatic hydroxyl groups is 3. The number of rotatable bonds is 25. The van der Waals surface area contributed by atoms with Gasteiger partial charge >= 0.3 is 5.97 Å². The Kier molecular flexibility index (Phi) is 18.2. The summed E-state index contributed by atoms with van der Waals surface area (Å²) in [4.78, 5) is 20.7. The van der Waals surface area contributed by atoms with Gasteiger partial charge in [0.2, 0.25) is 0 Å². The Labute approximate surface area is 409 Å². The zero-order chi connectivity index (χ0) is 48.9. The number of pyridine rings is 1. The number of aromatic amines is 1. The summed E-state index contributed by atoms with van der Waals surface area (Å²) < 4.78 is 0. The van der Waals surface area contributed by atoms with Crippen LogP contribution in [-0.4, -0.2) is 72.9 Å². The van der Waals surface area contributed by atoms with Crippen LogP contribution in [0.4, 0.5) is 5.82 Å². The molecule has 2 aliphatic carbocycles. The van der Waals surface area contributed by atoms with Gasteiger partial charge in [0.05, 0.1) is 29.4 Å². The van der Waals surface area contributed by atoms with Crippen molar-refractivity contribution in [2.45, 2.75) is 127 Å². The van der Waals surface area contributed by atoms with Crippen LogP contribution in [0.2, 0.25) is 0 Å². The molecule has 11 heteroatoms. The molecule has 0 bridgehead atoms. The third-order valence-electron chi connectivity index (χ3n) is 15.3. The molecule has 1 fully saturated rings. The molecule has 0 aliphatic heterocycles. The Morgan fingerprint density at radius 3 is 2.38 bits per heavy atom. The Morgan fingerprint density at radius 1 is 0.913 bits per heavy atom. The van der Waals surface area contributed by atoms with Crippen molar-refractivity contribution in [2.24, 2.45) is 35.5 Å². The Morgan fingerprint density at radius 2 is 1.67 bits per heavy atom. The lowest BCUT2D eigenvalue weighted by atomic mass is 9.73. The van der Waals surface area contributed by atoms with E-state index in [0.29, 0.717) is 80.0 Å². The number of phenolic OH excluding ortho intramolecular Hbond substituents is 1. The second kappa shape index (κ2) is 24.4. The molecular weight excluding hydrogens is 865 g/mol. The largest absolute Gasteiger partial charge is 0.872 e. The highest BCUT2D eigenvalue weighted by atomic mass is 16.4. The molecule has 2 aliphatic rings. The fourth-order valence-corrected chi connectivity index (χ4v) is 11.7. The van der Waals surface area contributed by atoms with Crippen LogP contribution in [0.3, 0.4) is 0 Å². The molecule has 9 atom stereocenters. The smallest absolute Gasteiger partial charge is 0.309 e. The SMILES string of the molecule is CCCCC[C@@H]1C=C[C@@H](CCCCC[C@H](C(=O)O)[C@H](O)C[C@@H](CNC)[C@]2(O)C[C@H](Cc3ccnc(N)c3)C[C@H]2Cc2cc(-c3ccccc3)c(-c3cc(O)cc([O-])c3Cc3ccccc3)[nH]2)[C@H](O)C1. The number of hydrogen-bond donors (Lipinski definition) is 8. The topological polar surface area (TPSA) is 208 Å². The van der Waals surface area contributed by atoms with E-state index in [-0.39, 0.29) is 41.8 Å². The monoisotopic (exact) mass is 940 g/mol. The molecule has 0 amide bonds. The minimum absolute atomic E-state index is 0.0487. The number of anilines is 1. The molecule has 2 aromatic heterocycles. The molecule has 9 N–H and O–H groups in total. The lowest BCUT2D eigenvalue weighted by Crippen LogP contribution is -2.48. The third kappa shape index (κ3) is 13.5. The van der Waals surface area contributed by atoms with E-state index >= 15 is 0 Å². The number of phenols is 1. The van der Waals surface area contributed by atoms with Gasteiger partial charge in [-0.1, -0.05) is 118 Å². The average Bonchev–Trinajstić information content (AvgIpc) is 3.89. The highest BCUT2D eigenvalue weighted by molar-refractivity contribution is 5.85. The minimum atomic E-state index is -1.30. The Hall–Kier alpha value is -5.46. The number of nitrogens with zero attached hydrogens (tertiary/aromatic N) is 1. The molecule has 0 unspecified atom stereocenters. The predicted octanol–water partition coefficient (Wildman–Crippen LogP) is 9.61. The summed E-state index contributed by atoms with van der Waals surface area (Å²) in [6.45, 7) is 2.57. The van der Waals surface area contributed by atoms with Crippen molar-refractivity contribution < 1.29 is 35.4 Å². The van der Waals surface area contributed by atoms with Crippen LogP contribution in [0.25, 0.3) is 22.4 Å². The third-order valence-corrected chi connectivity index (χ3v) is 15.3. The van der Waals surface area contributed by atoms with Gasteiger partial charge in [-0.2, -0.15) is 0 Å². The maximum atomic E-state index is 13.7. The van der Waals surface area contributed by atoms with Crippen LogP contribution in [0.15, 0.2) is 109 Å². The van der Waals surface area contributed by atoms with Crippen LogP contribution in [0.1, 0.15) is 113 Å². The second-order valence-corrected chi connectivity index (χ2v) is 20.3. The van der Waals surface area contributed by atoms with E-state index in [0.717, 1.165) is 60.1 Å². The molecule has 0 radical (unpaired) electrons.